The number of amides is 3. The lowest BCUT2D eigenvalue weighted by molar-refractivity contribution is -0.150. The van der Waals surface area contributed by atoms with Crippen LogP contribution in [-0.4, -0.2) is 33.6 Å². The Morgan fingerprint density at radius 2 is 1.36 bits per heavy atom. The second-order valence-electron chi connectivity index (χ2n) is 6.05. The standard InChI is InChI=1S/C20H16N2O3/c1-2-12-21-16(13-8-4-3-5-9-13)17(20(21)25)22-18(23)14-10-6-7-11-15(14)19(22)24/h2-12,16-17H,1H3/b12-2+/t16-,17+/m1/s1. The number of likely N-dealkylation sites (tertiary alicyclic amines) is 1. The van der Waals surface area contributed by atoms with Crippen LogP contribution in [0.5, 0.6) is 0 Å². The lowest BCUT2D eigenvalue weighted by Gasteiger charge is -2.48. The molecule has 2 heterocycles. The van der Waals surface area contributed by atoms with Gasteiger partial charge in [0.15, 0.2) is 0 Å². The number of nitrogens with zero attached hydrogens (tertiary/aromatic N) is 2. The van der Waals surface area contributed by atoms with Crippen molar-refractivity contribution in [3.8, 4) is 0 Å². The van der Waals surface area contributed by atoms with Gasteiger partial charge < -0.3 is 4.90 Å². The summed E-state index contributed by atoms with van der Waals surface area (Å²) in [6.45, 7) is 1.82. The van der Waals surface area contributed by atoms with Crippen molar-refractivity contribution in [1.29, 1.82) is 0 Å². The molecule has 2 aromatic rings. The van der Waals surface area contributed by atoms with E-state index in [2.05, 4.69) is 0 Å². The number of imide groups is 1. The Morgan fingerprint density at radius 3 is 1.92 bits per heavy atom. The average Bonchev–Trinajstić information content (AvgIpc) is 2.89. The van der Waals surface area contributed by atoms with Gasteiger partial charge >= 0.3 is 0 Å². The van der Waals surface area contributed by atoms with Crippen LogP contribution < -0.4 is 0 Å². The Kier molecular flexibility index (Phi) is 3.50. The molecule has 3 amide bonds. The molecule has 25 heavy (non-hydrogen) atoms. The van der Waals surface area contributed by atoms with Crippen LogP contribution in [0.4, 0.5) is 0 Å². The van der Waals surface area contributed by atoms with E-state index in [4.69, 9.17) is 0 Å². The smallest absolute Gasteiger partial charge is 0.262 e. The molecule has 1 saturated heterocycles. The molecule has 2 atom stereocenters. The number of hydrogen-bond acceptors (Lipinski definition) is 3. The highest BCUT2D eigenvalue weighted by Gasteiger charge is 2.56. The molecule has 0 unspecified atom stereocenters. The molecule has 0 saturated carbocycles. The van der Waals surface area contributed by atoms with Crippen molar-refractivity contribution < 1.29 is 14.4 Å². The third-order valence-corrected chi connectivity index (χ3v) is 4.66. The summed E-state index contributed by atoms with van der Waals surface area (Å²) in [7, 11) is 0. The maximum absolute atomic E-state index is 12.7. The second kappa shape index (κ2) is 5.70. The van der Waals surface area contributed by atoms with Gasteiger partial charge in [-0.25, -0.2) is 0 Å². The van der Waals surface area contributed by atoms with E-state index in [9.17, 15) is 14.4 Å². The number of carbonyl (C=O) groups is 3. The van der Waals surface area contributed by atoms with Crippen LogP contribution in [0, 0.1) is 0 Å². The summed E-state index contributed by atoms with van der Waals surface area (Å²) in [5.74, 6) is -1.05. The highest BCUT2D eigenvalue weighted by atomic mass is 16.2. The summed E-state index contributed by atoms with van der Waals surface area (Å²) in [5.41, 5.74) is 1.61. The normalized spacial score (nSPS) is 22.5. The van der Waals surface area contributed by atoms with Crippen LogP contribution >= 0.6 is 0 Å². The Balaban J connectivity index is 1.76. The van der Waals surface area contributed by atoms with Gasteiger partial charge in [-0.15, -0.1) is 0 Å². The maximum atomic E-state index is 12.7. The first-order valence-electron chi connectivity index (χ1n) is 8.12. The highest BCUT2D eigenvalue weighted by Crippen LogP contribution is 2.41. The Hall–Kier alpha value is -3.21. The molecule has 5 heteroatoms. The molecule has 0 N–H and O–H groups in total. The number of allylic oxidation sites excluding steroid dienone is 1. The van der Waals surface area contributed by atoms with E-state index in [1.165, 1.54) is 0 Å². The number of β-lactam (4-membered cyclic amide) rings is 1. The molecule has 2 aromatic carbocycles. The van der Waals surface area contributed by atoms with E-state index in [0.29, 0.717) is 11.1 Å². The molecule has 1 fully saturated rings. The van der Waals surface area contributed by atoms with Crippen LogP contribution in [0.1, 0.15) is 39.2 Å². The van der Waals surface area contributed by atoms with E-state index in [1.54, 1.807) is 41.4 Å². The zero-order chi connectivity index (χ0) is 17.6. The third kappa shape index (κ3) is 2.12. The first kappa shape index (κ1) is 15.3. The van der Waals surface area contributed by atoms with Crippen LogP contribution in [0.3, 0.4) is 0 Å². The predicted molar refractivity (Wildman–Crippen MR) is 91.6 cm³/mol. The number of carbonyl (C=O) groups excluding carboxylic acids is 3. The summed E-state index contributed by atoms with van der Waals surface area (Å²) < 4.78 is 0. The molecule has 5 nitrogen and oxygen atoms in total. The largest absolute Gasteiger partial charge is 0.307 e. The second-order valence-corrected chi connectivity index (χ2v) is 6.05. The van der Waals surface area contributed by atoms with Gasteiger partial charge in [-0.1, -0.05) is 48.5 Å². The molecule has 2 aliphatic rings. The van der Waals surface area contributed by atoms with Crippen LogP contribution in [0.25, 0.3) is 0 Å². The summed E-state index contributed by atoms with van der Waals surface area (Å²) in [5, 5.41) is 0. The fourth-order valence-electron chi connectivity index (χ4n) is 3.53. The Bertz CT molecular complexity index is 869. The molecule has 0 radical (unpaired) electrons. The fourth-order valence-corrected chi connectivity index (χ4v) is 3.53. The van der Waals surface area contributed by atoms with E-state index in [0.717, 1.165) is 10.5 Å². The molecular formula is C20H16N2O3. The van der Waals surface area contributed by atoms with Crippen molar-refractivity contribution >= 4 is 17.7 Å². The first-order valence-corrected chi connectivity index (χ1v) is 8.12. The summed E-state index contributed by atoms with van der Waals surface area (Å²) in [6, 6.07) is 15.0. The SMILES string of the molecule is C/C=C/N1C(=O)[C@@H](N2C(=O)c3ccccc3C2=O)[C@H]1c1ccccc1. The van der Waals surface area contributed by atoms with Crippen LogP contribution in [0.15, 0.2) is 66.9 Å². The number of fused-ring (bicyclic) bond motifs is 1. The van der Waals surface area contributed by atoms with Gasteiger partial charge in [0.25, 0.3) is 17.7 Å². The molecule has 2 aliphatic heterocycles. The summed E-state index contributed by atoms with van der Waals surface area (Å²) >= 11 is 0. The number of hydrogen-bond donors (Lipinski definition) is 0. The van der Waals surface area contributed by atoms with E-state index in [1.807, 2.05) is 37.3 Å². The topological polar surface area (TPSA) is 57.7 Å². The first-order chi connectivity index (χ1) is 12.1. The van der Waals surface area contributed by atoms with Gasteiger partial charge in [-0.3, -0.25) is 19.3 Å². The zero-order valence-electron chi connectivity index (χ0n) is 13.6. The minimum absolute atomic E-state index is 0.249. The predicted octanol–water partition coefficient (Wildman–Crippen LogP) is 2.77. The molecular weight excluding hydrogens is 316 g/mol. The van der Waals surface area contributed by atoms with Gasteiger partial charge in [0, 0.05) is 6.20 Å². The fraction of sp³-hybridized carbons (Fsp3) is 0.150. The Labute approximate surface area is 145 Å². The number of benzene rings is 2. The highest BCUT2D eigenvalue weighted by molar-refractivity contribution is 6.23. The van der Waals surface area contributed by atoms with Gasteiger partial charge in [-0.2, -0.15) is 0 Å². The molecule has 0 bridgehead atoms. The van der Waals surface area contributed by atoms with Gasteiger partial charge in [0.1, 0.15) is 6.04 Å². The molecule has 124 valence electrons. The van der Waals surface area contributed by atoms with Gasteiger partial charge in [-0.05, 0) is 24.6 Å². The lowest BCUT2D eigenvalue weighted by Crippen LogP contribution is -2.64. The summed E-state index contributed by atoms with van der Waals surface area (Å²) in [4.78, 5) is 40.9. The van der Waals surface area contributed by atoms with Crippen LogP contribution in [-0.2, 0) is 4.79 Å². The molecule has 0 aliphatic carbocycles. The summed E-state index contributed by atoms with van der Waals surface area (Å²) in [6.07, 6.45) is 3.46. The average molecular weight is 332 g/mol. The van der Waals surface area contributed by atoms with Crippen molar-refractivity contribution in [2.24, 2.45) is 0 Å². The van der Waals surface area contributed by atoms with E-state index >= 15 is 0 Å². The van der Waals surface area contributed by atoms with Crippen molar-refractivity contribution in [2.75, 3.05) is 0 Å². The zero-order valence-corrected chi connectivity index (χ0v) is 13.6. The number of rotatable bonds is 3. The van der Waals surface area contributed by atoms with Crippen molar-refractivity contribution in [3.05, 3.63) is 83.6 Å². The van der Waals surface area contributed by atoms with E-state index < -0.39 is 17.9 Å². The maximum Gasteiger partial charge on any atom is 0.262 e. The minimum Gasteiger partial charge on any atom is -0.307 e. The monoisotopic (exact) mass is 332 g/mol. The molecule has 0 aromatic heterocycles. The molecule has 4 rings (SSSR count). The van der Waals surface area contributed by atoms with Crippen molar-refractivity contribution in [3.63, 3.8) is 0 Å². The molecule has 0 spiro atoms. The van der Waals surface area contributed by atoms with Gasteiger partial charge in [0.2, 0.25) is 0 Å². The minimum atomic E-state index is -0.814. The van der Waals surface area contributed by atoms with E-state index in [-0.39, 0.29) is 11.9 Å². The quantitative estimate of drug-likeness (QED) is 0.641. The third-order valence-electron chi connectivity index (χ3n) is 4.66. The van der Waals surface area contributed by atoms with Crippen molar-refractivity contribution in [2.45, 2.75) is 19.0 Å². The van der Waals surface area contributed by atoms with Crippen molar-refractivity contribution in [1.82, 2.24) is 9.80 Å². The van der Waals surface area contributed by atoms with Crippen LogP contribution in [0.2, 0.25) is 0 Å². The Morgan fingerprint density at radius 1 is 0.800 bits per heavy atom. The van der Waals surface area contributed by atoms with Gasteiger partial charge in [0.05, 0.1) is 17.2 Å². The lowest BCUT2D eigenvalue weighted by atomic mass is 9.87.